The number of amides is 1. The molecule has 3 aromatic rings. The van der Waals surface area contributed by atoms with E-state index in [1.54, 1.807) is 36.4 Å². The van der Waals surface area contributed by atoms with Gasteiger partial charge in [-0.1, -0.05) is 36.8 Å². The van der Waals surface area contributed by atoms with Gasteiger partial charge in [0.1, 0.15) is 23.3 Å². The average molecular weight is 431 g/mol. The van der Waals surface area contributed by atoms with Crippen LogP contribution < -0.4 is 9.64 Å². The third-order valence-corrected chi connectivity index (χ3v) is 5.45. The Labute approximate surface area is 186 Å². The third kappa shape index (κ3) is 3.80. The van der Waals surface area contributed by atoms with Crippen LogP contribution in [0.3, 0.4) is 0 Å². The van der Waals surface area contributed by atoms with Gasteiger partial charge in [-0.15, -0.1) is 0 Å². The van der Waals surface area contributed by atoms with Crippen LogP contribution in [0.15, 0.2) is 70.9 Å². The molecule has 1 aliphatic rings. The van der Waals surface area contributed by atoms with Gasteiger partial charge in [0.15, 0.2) is 0 Å². The van der Waals surface area contributed by atoms with E-state index in [4.69, 9.17) is 9.15 Å². The molecule has 1 saturated heterocycles. The van der Waals surface area contributed by atoms with E-state index < -0.39 is 17.7 Å². The Bertz CT molecular complexity index is 1190. The van der Waals surface area contributed by atoms with Gasteiger partial charge in [-0.25, -0.2) is 0 Å². The van der Waals surface area contributed by atoms with E-state index in [2.05, 4.69) is 0 Å². The second-order valence-corrected chi connectivity index (χ2v) is 7.85. The van der Waals surface area contributed by atoms with Crippen LogP contribution in [0.5, 0.6) is 5.75 Å². The standard InChI is InChI=1S/C26H25NO5/c1-4-12-31-19-8-5-7-18(15-19)24(28)22-23(21-9-6-13-32-21)27(26(30)25(22)29)20-11-10-16(2)14-17(20)3/h5-11,13-15,23,28H,4,12H2,1-3H3/b24-22-. The van der Waals surface area contributed by atoms with Crippen LogP contribution in [0.1, 0.15) is 41.8 Å². The van der Waals surface area contributed by atoms with Crippen molar-refractivity contribution in [1.82, 2.24) is 0 Å². The first-order valence-electron chi connectivity index (χ1n) is 10.6. The summed E-state index contributed by atoms with van der Waals surface area (Å²) in [6.45, 7) is 6.38. The second kappa shape index (κ2) is 8.75. The lowest BCUT2D eigenvalue weighted by Gasteiger charge is -2.25. The summed E-state index contributed by atoms with van der Waals surface area (Å²) in [5, 5.41) is 11.2. The zero-order chi connectivity index (χ0) is 22.8. The Kier molecular flexibility index (Phi) is 5.86. The fourth-order valence-electron chi connectivity index (χ4n) is 3.98. The highest BCUT2D eigenvalue weighted by Crippen LogP contribution is 2.43. The number of carbonyl (C=O) groups excluding carboxylic acids is 2. The molecule has 2 aromatic carbocycles. The normalized spacial score (nSPS) is 17.7. The highest BCUT2D eigenvalue weighted by Gasteiger charge is 2.48. The Morgan fingerprint density at radius 1 is 1.09 bits per heavy atom. The van der Waals surface area contributed by atoms with Crippen LogP contribution in [-0.2, 0) is 9.59 Å². The fourth-order valence-corrected chi connectivity index (χ4v) is 3.98. The first kappa shape index (κ1) is 21.4. The van der Waals surface area contributed by atoms with Crippen molar-refractivity contribution >= 4 is 23.1 Å². The third-order valence-electron chi connectivity index (χ3n) is 5.45. The van der Waals surface area contributed by atoms with Gasteiger partial charge in [-0.05, 0) is 56.2 Å². The number of Topliss-reactive ketones (excluding diaryl/α,β-unsaturated/α-hetero) is 1. The van der Waals surface area contributed by atoms with Crippen LogP contribution in [0.25, 0.3) is 5.76 Å². The van der Waals surface area contributed by atoms with E-state index in [1.165, 1.54) is 11.2 Å². The van der Waals surface area contributed by atoms with E-state index in [1.807, 2.05) is 39.0 Å². The lowest BCUT2D eigenvalue weighted by molar-refractivity contribution is -0.132. The summed E-state index contributed by atoms with van der Waals surface area (Å²) in [5.41, 5.74) is 2.87. The number of ether oxygens (including phenoxy) is 1. The molecule has 1 amide bonds. The van der Waals surface area contributed by atoms with Crippen molar-refractivity contribution in [1.29, 1.82) is 0 Å². The van der Waals surface area contributed by atoms with Crippen molar-refractivity contribution in [3.8, 4) is 5.75 Å². The highest BCUT2D eigenvalue weighted by molar-refractivity contribution is 6.51. The predicted octanol–water partition coefficient (Wildman–Crippen LogP) is 5.31. The number of aliphatic hydroxyl groups is 1. The van der Waals surface area contributed by atoms with Crippen molar-refractivity contribution in [2.24, 2.45) is 0 Å². The molecule has 32 heavy (non-hydrogen) atoms. The molecule has 0 aliphatic carbocycles. The maximum Gasteiger partial charge on any atom is 0.300 e. The number of carbonyl (C=O) groups is 2. The van der Waals surface area contributed by atoms with Gasteiger partial charge >= 0.3 is 0 Å². The molecule has 1 aliphatic heterocycles. The number of aryl methyl sites for hydroxylation is 2. The molecule has 1 fully saturated rings. The maximum atomic E-state index is 13.2. The van der Waals surface area contributed by atoms with Crippen molar-refractivity contribution in [2.75, 3.05) is 11.5 Å². The average Bonchev–Trinajstić information content (AvgIpc) is 3.40. The maximum absolute atomic E-state index is 13.2. The van der Waals surface area contributed by atoms with E-state index in [-0.39, 0.29) is 11.3 Å². The van der Waals surface area contributed by atoms with Crippen LogP contribution in [-0.4, -0.2) is 23.4 Å². The molecule has 1 unspecified atom stereocenters. The Morgan fingerprint density at radius 2 is 1.91 bits per heavy atom. The zero-order valence-corrected chi connectivity index (χ0v) is 18.3. The number of anilines is 1. The molecule has 0 spiro atoms. The predicted molar refractivity (Wildman–Crippen MR) is 122 cm³/mol. The van der Waals surface area contributed by atoms with E-state index in [0.29, 0.717) is 29.4 Å². The summed E-state index contributed by atoms with van der Waals surface area (Å²) in [7, 11) is 0. The molecule has 4 rings (SSSR count). The number of ketones is 1. The lowest BCUT2D eigenvalue weighted by atomic mass is 9.98. The van der Waals surface area contributed by atoms with Gasteiger partial charge in [0, 0.05) is 11.3 Å². The molecule has 1 aromatic heterocycles. The summed E-state index contributed by atoms with van der Waals surface area (Å²) in [4.78, 5) is 27.7. The van der Waals surface area contributed by atoms with Crippen LogP contribution in [0.4, 0.5) is 5.69 Å². The van der Waals surface area contributed by atoms with Gasteiger partial charge in [0.2, 0.25) is 0 Å². The number of benzene rings is 2. The molecule has 2 heterocycles. The van der Waals surface area contributed by atoms with Gasteiger partial charge in [-0.3, -0.25) is 14.5 Å². The van der Waals surface area contributed by atoms with Crippen molar-refractivity contribution in [3.05, 3.63) is 88.9 Å². The molecule has 1 N–H and O–H groups in total. The SMILES string of the molecule is CCCOc1cccc(/C(O)=C2/C(=O)C(=O)N(c3ccc(C)cc3C)C2c2ccco2)c1. The van der Waals surface area contributed by atoms with Crippen LogP contribution >= 0.6 is 0 Å². The van der Waals surface area contributed by atoms with Crippen LogP contribution in [0, 0.1) is 13.8 Å². The number of rotatable bonds is 6. The highest BCUT2D eigenvalue weighted by atomic mass is 16.5. The van der Waals surface area contributed by atoms with E-state index in [9.17, 15) is 14.7 Å². The minimum absolute atomic E-state index is 0.0161. The Balaban J connectivity index is 1.87. The quantitative estimate of drug-likeness (QED) is 0.325. The minimum Gasteiger partial charge on any atom is -0.507 e. The fraction of sp³-hybridized carbons (Fsp3) is 0.231. The number of hydrogen-bond acceptors (Lipinski definition) is 5. The molecular formula is C26H25NO5. The summed E-state index contributed by atoms with van der Waals surface area (Å²) < 4.78 is 11.3. The smallest absolute Gasteiger partial charge is 0.300 e. The van der Waals surface area contributed by atoms with E-state index >= 15 is 0 Å². The topological polar surface area (TPSA) is 80.0 Å². The largest absolute Gasteiger partial charge is 0.507 e. The van der Waals surface area contributed by atoms with Gasteiger partial charge < -0.3 is 14.3 Å². The molecule has 1 atom stereocenters. The van der Waals surface area contributed by atoms with Crippen LogP contribution in [0.2, 0.25) is 0 Å². The van der Waals surface area contributed by atoms with Gasteiger partial charge in [0.05, 0.1) is 18.4 Å². The lowest BCUT2D eigenvalue weighted by Crippen LogP contribution is -2.30. The monoisotopic (exact) mass is 431 g/mol. The Hall–Kier alpha value is -3.80. The first-order chi connectivity index (χ1) is 15.4. The molecule has 6 nitrogen and oxygen atoms in total. The summed E-state index contributed by atoms with van der Waals surface area (Å²) in [5.74, 6) is -0.765. The summed E-state index contributed by atoms with van der Waals surface area (Å²) in [6.07, 6.45) is 2.33. The molecule has 6 heteroatoms. The van der Waals surface area contributed by atoms with Crippen molar-refractivity contribution in [2.45, 2.75) is 33.2 Å². The van der Waals surface area contributed by atoms with Gasteiger partial charge in [-0.2, -0.15) is 0 Å². The number of hydrogen-bond donors (Lipinski definition) is 1. The summed E-state index contributed by atoms with van der Waals surface area (Å²) in [6, 6.07) is 15.0. The number of nitrogens with zero attached hydrogens (tertiary/aromatic N) is 1. The minimum atomic E-state index is -0.883. The van der Waals surface area contributed by atoms with Crippen molar-refractivity contribution < 1.29 is 23.8 Å². The molecule has 0 saturated carbocycles. The molecule has 0 radical (unpaired) electrons. The van der Waals surface area contributed by atoms with Crippen molar-refractivity contribution in [3.63, 3.8) is 0 Å². The summed E-state index contributed by atoms with van der Waals surface area (Å²) >= 11 is 0. The zero-order valence-electron chi connectivity index (χ0n) is 18.3. The molecule has 164 valence electrons. The van der Waals surface area contributed by atoms with E-state index in [0.717, 1.165) is 17.5 Å². The van der Waals surface area contributed by atoms with Gasteiger partial charge in [0.25, 0.3) is 11.7 Å². The Morgan fingerprint density at radius 3 is 2.59 bits per heavy atom. The molecular weight excluding hydrogens is 406 g/mol. The number of aliphatic hydroxyl groups excluding tert-OH is 1. The second-order valence-electron chi connectivity index (χ2n) is 7.85. The molecule has 0 bridgehead atoms. The number of furan rings is 1. The first-order valence-corrected chi connectivity index (χ1v) is 10.6.